The van der Waals surface area contributed by atoms with Gasteiger partial charge in [-0.15, -0.1) is 0 Å². The minimum Gasteiger partial charge on any atom is -0.0654 e. The summed E-state index contributed by atoms with van der Waals surface area (Å²) >= 11 is 0. The fourth-order valence-corrected chi connectivity index (χ4v) is 8.48. The lowest BCUT2D eigenvalue weighted by Crippen LogP contribution is -1.82. The highest BCUT2D eigenvalue weighted by atomic mass is 14.0. The third-order valence-corrected chi connectivity index (χ3v) is 13.5. The molecule has 0 heteroatoms. The average Bonchev–Trinajstić information content (AvgIpc) is 3.34. The van der Waals surface area contributed by atoms with Crippen LogP contribution >= 0.6 is 0 Å². The van der Waals surface area contributed by atoms with Crippen LogP contribution in [0.2, 0.25) is 0 Å². The summed E-state index contributed by atoms with van der Waals surface area (Å²) in [5.41, 5.74) is 0. The Labute approximate surface area is 434 Å². The molecule has 0 aromatic carbocycles. The van der Waals surface area contributed by atoms with Crippen molar-refractivity contribution in [3.8, 4) is 0 Å². The van der Waals surface area contributed by atoms with E-state index in [1.807, 2.05) is 0 Å². The largest absolute Gasteiger partial charge is 0.0654 e. The maximum atomic E-state index is 2.29. The first-order chi connectivity index (χ1) is 33.0. The minimum absolute atomic E-state index is 1.36. The van der Waals surface area contributed by atoms with Crippen molar-refractivity contribution in [3.63, 3.8) is 0 Å². The van der Waals surface area contributed by atoms with Crippen LogP contribution in [0.5, 0.6) is 0 Å². The van der Waals surface area contributed by atoms with Crippen molar-refractivity contribution in [1.82, 2.24) is 0 Å². The Kier molecular flexibility index (Phi) is 108. The summed E-state index contributed by atoms with van der Waals surface area (Å²) in [5, 5.41) is 0. The van der Waals surface area contributed by atoms with E-state index in [0.717, 1.165) is 0 Å². The maximum absolute atomic E-state index is 2.29. The molecule has 0 aliphatic rings. The lowest BCUT2D eigenvalue weighted by atomic mass is 10.0. The zero-order valence-electron chi connectivity index (χ0n) is 50.9. The summed E-state index contributed by atoms with van der Waals surface area (Å²) in [5.74, 6) is 0. The molecule has 0 radical (unpaired) electrons. The summed E-state index contributed by atoms with van der Waals surface area (Å²) in [6.07, 6.45) is 79.2. The van der Waals surface area contributed by atoms with Crippen molar-refractivity contribution >= 4 is 0 Å². The molecule has 0 unspecified atom stereocenters. The highest BCUT2D eigenvalue weighted by Crippen LogP contribution is 2.14. The van der Waals surface area contributed by atoms with E-state index < -0.39 is 0 Å². The van der Waals surface area contributed by atoms with Gasteiger partial charge in [0.1, 0.15) is 0 Å². The summed E-state index contributed by atoms with van der Waals surface area (Å²) in [7, 11) is 0. The molecule has 0 rings (SSSR count). The van der Waals surface area contributed by atoms with Gasteiger partial charge in [-0.3, -0.25) is 0 Å². The second-order valence-corrected chi connectivity index (χ2v) is 21.2. The van der Waals surface area contributed by atoms with Crippen LogP contribution in [-0.4, -0.2) is 0 Å². The standard InChI is InChI=1S/C16H34.C14H30.C12H26.C10H22.C8H18.C7H16/c1-3-5-7-9-11-13-15-16-14-12-10-8-6-4-2;1-3-5-7-9-11-13-14-12-10-8-6-4-2;1-3-5-7-9-11-12-10-8-6-4-2;1-3-5-7-9-10-8-6-4-2;1-3-5-7-8-6-4-2;1-3-5-7-6-4-2/h3-16H2,1-2H3;3-14H2,1-2H3;3-12H2,1-2H3;3-10H2,1-2H3;3-8H2,1-2H3;3-7H2,1-2H3. The Morgan fingerprint density at radius 3 is 0.179 bits per heavy atom. The molecule has 0 bridgehead atoms. The minimum atomic E-state index is 1.36. The van der Waals surface area contributed by atoms with Crippen LogP contribution in [0.3, 0.4) is 0 Å². The summed E-state index contributed by atoms with van der Waals surface area (Å²) in [6.45, 7) is 27.3. The van der Waals surface area contributed by atoms with Crippen molar-refractivity contribution in [3.05, 3.63) is 0 Å². The van der Waals surface area contributed by atoms with Crippen LogP contribution < -0.4 is 0 Å². The van der Waals surface area contributed by atoms with E-state index in [9.17, 15) is 0 Å². The monoisotopic (exact) mass is 951 g/mol. The molecule has 0 fully saturated rings. The molecule has 0 N–H and O–H groups in total. The molecule has 0 amide bonds. The van der Waals surface area contributed by atoms with Gasteiger partial charge in [-0.1, -0.05) is 436 Å². The molecule has 414 valence electrons. The van der Waals surface area contributed by atoms with Gasteiger partial charge in [0.25, 0.3) is 0 Å². The Morgan fingerprint density at radius 2 is 0.119 bits per heavy atom. The van der Waals surface area contributed by atoms with Crippen molar-refractivity contribution in [1.29, 1.82) is 0 Å². The first kappa shape index (κ1) is 78.4. The molecule has 0 spiro atoms. The fraction of sp³-hybridized carbons (Fsp3) is 1.00. The number of hydrogen-bond acceptors (Lipinski definition) is 0. The smallest absolute Gasteiger partial charge is 0.0533 e. The molecule has 0 atom stereocenters. The number of hydrogen-bond donors (Lipinski definition) is 0. The lowest BCUT2D eigenvalue weighted by molar-refractivity contribution is 0.538. The van der Waals surface area contributed by atoms with E-state index in [1.54, 1.807) is 0 Å². The summed E-state index contributed by atoms with van der Waals surface area (Å²) in [4.78, 5) is 0. The Morgan fingerprint density at radius 1 is 0.0746 bits per heavy atom. The molecule has 67 heavy (non-hydrogen) atoms. The zero-order valence-corrected chi connectivity index (χ0v) is 50.9. The quantitative estimate of drug-likeness (QED) is 0.0533. The van der Waals surface area contributed by atoms with Gasteiger partial charge in [-0.25, -0.2) is 0 Å². The van der Waals surface area contributed by atoms with Crippen LogP contribution in [-0.2, 0) is 0 Å². The molecule has 0 aromatic heterocycles. The summed E-state index contributed by atoms with van der Waals surface area (Å²) < 4.78 is 0. The van der Waals surface area contributed by atoms with E-state index >= 15 is 0 Å². The Hall–Kier alpha value is 0. The highest BCUT2D eigenvalue weighted by Gasteiger charge is 1.95. The molecular formula is C67H146. The van der Waals surface area contributed by atoms with E-state index in [0.29, 0.717) is 0 Å². The van der Waals surface area contributed by atoms with E-state index in [4.69, 9.17) is 0 Å². The van der Waals surface area contributed by atoms with Crippen LogP contribution in [0.25, 0.3) is 0 Å². The highest BCUT2D eigenvalue weighted by molar-refractivity contribution is 4.50. The van der Waals surface area contributed by atoms with Gasteiger partial charge in [-0.05, 0) is 0 Å². The van der Waals surface area contributed by atoms with Crippen molar-refractivity contribution in [2.24, 2.45) is 0 Å². The first-order valence-electron chi connectivity index (χ1n) is 33.0. The lowest BCUT2D eigenvalue weighted by Gasteiger charge is -2.02. The average molecular weight is 952 g/mol. The third-order valence-electron chi connectivity index (χ3n) is 13.5. The van der Waals surface area contributed by atoms with Crippen molar-refractivity contribution in [2.45, 2.75) is 436 Å². The van der Waals surface area contributed by atoms with Gasteiger partial charge in [0.2, 0.25) is 0 Å². The van der Waals surface area contributed by atoms with Crippen LogP contribution in [0, 0.1) is 0 Å². The van der Waals surface area contributed by atoms with Gasteiger partial charge < -0.3 is 0 Å². The van der Waals surface area contributed by atoms with Crippen molar-refractivity contribution in [2.75, 3.05) is 0 Å². The Bertz CT molecular complexity index is 582. The van der Waals surface area contributed by atoms with Gasteiger partial charge in [-0.2, -0.15) is 0 Å². The Balaban J connectivity index is -0.000000170. The second kappa shape index (κ2) is 92.2. The van der Waals surface area contributed by atoms with Crippen molar-refractivity contribution < 1.29 is 0 Å². The zero-order chi connectivity index (χ0) is 50.9. The molecule has 0 aliphatic carbocycles. The molecule has 0 saturated carbocycles. The third kappa shape index (κ3) is 113. The number of rotatable bonds is 49. The molecule has 0 aliphatic heterocycles. The molecule has 0 saturated heterocycles. The molecule has 0 nitrogen and oxygen atoms in total. The van der Waals surface area contributed by atoms with E-state index in [-0.39, 0.29) is 0 Å². The molecular weight excluding hydrogens is 805 g/mol. The van der Waals surface area contributed by atoms with Crippen LogP contribution in [0.15, 0.2) is 0 Å². The SMILES string of the molecule is CCCCCCC.CCCCCCCC.CCCCCCCCCC.CCCCCCCCCCCC.CCCCCCCCCCCCCC.CCCCCCCCCCCCCCCC. The van der Waals surface area contributed by atoms with Crippen LogP contribution in [0.1, 0.15) is 436 Å². The summed E-state index contributed by atoms with van der Waals surface area (Å²) in [6, 6.07) is 0. The fourth-order valence-electron chi connectivity index (χ4n) is 8.48. The normalized spacial score (nSPS) is 10.4. The number of unbranched alkanes of at least 4 members (excludes halogenated alkanes) is 49. The molecule has 0 heterocycles. The predicted molar refractivity (Wildman–Crippen MR) is 322 cm³/mol. The topological polar surface area (TPSA) is 0 Å². The van der Waals surface area contributed by atoms with Gasteiger partial charge in [0.05, 0.1) is 0 Å². The van der Waals surface area contributed by atoms with E-state index in [1.165, 1.54) is 353 Å². The predicted octanol–water partition coefficient (Wildman–Crippen LogP) is 27.6. The maximum Gasteiger partial charge on any atom is -0.0533 e. The van der Waals surface area contributed by atoms with Gasteiger partial charge >= 0.3 is 0 Å². The van der Waals surface area contributed by atoms with Gasteiger partial charge in [0.15, 0.2) is 0 Å². The van der Waals surface area contributed by atoms with E-state index in [2.05, 4.69) is 83.1 Å². The second-order valence-electron chi connectivity index (χ2n) is 21.2. The van der Waals surface area contributed by atoms with Crippen LogP contribution in [0.4, 0.5) is 0 Å². The first-order valence-corrected chi connectivity index (χ1v) is 33.0. The molecule has 0 aromatic rings. The van der Waals surface area contributed by atoms with Gasteiger partial charge in [0, 0.05) is 0 Å².